The summed E-state index contributed by atoms with van der Waals surface area (Å²) >= 11 is 1.84. The maximum absolute atomic E-state index is 6.07. The van der Waals surface area contributed by atoms with Gasteiger partial charge < -0.3 is 4.74 Å². The number of hydrogen-bond donors (Lipinski definition) is 0. The molecule has 2 atom stereocenters. The molecule has 1 fully saturated rings. The summed E-state index contributed by atoms with van der Waals surface area (Å²) in [6.07, 6.45) is 3.41. The molecule has 0 N–H and O–H groups in total. The van der Waals surface area contributed by atoms with E-state index in [2.05, 4.69) is 79.8 Å². The van der Waals surface area contributed by atoms with Gasteiger partial charge in [0.1, 0.15) is 0 Å². The van der Waals surface area contributed by atoms with Crippen molar-refractivity contribution in [3.63, 3.8) is 0 Å². The first-order valence-electron chi connectivity index (χ1n) is 10.1. The molecular formula is C24H28N2OS. The Kier molecular flexibility index (Phi) is 5.88. The second-order valence-corrected chi connectivity index (χ2v) is 8.61. The average Bonchev–Trinajstić information content (AvgIpc) is 3.08. The van der Waals surface area contributed by atoms with Gasteiger partial charge in [-0.15, -0.1) is 0 Å². The van der Waals surface area contributed by atoms with E-state index in [1.165, 1.54) is 33.5 Å². The lowest BCUT2D eigenvalue weighted by Crippen LogP contribution is -2.32. The fourth-order valence-electron chi connectivity index (χ4n) is 3.99. The summed E-state index contributed by atoms with van der Waals surface area (Å²) in [5, 5.41) is 5.12. The summed E-state index contributed by atoms with van der Waals surface area (Å²) in [5.74, 6) is 1.35. The Morgan fingerprint density at radius 2 is 1.86 bits per heavy atom. The number of aryl methyl sites for hydroxylation is 2. The summed E-state index contributed by atoms with van der Waals surface area (Å²) in [7, 11) is 0. The summed E-state index contributed by atoms with van der Waals surface area (Å²) in [4.78, 5) is 0. The molecule has 0 spiro atoms. The van der Waals surface area contributed by atoms with Crippen LogP contribution in [0.25, 0.3) is 6.08 Å². The van der Waals surface area contributed by atoms with Crippen LogP contribution in [0, 0.1) is 19.8 Å². The van der Waals surface area contributed by atoms with Crippen LogP contribution in [0.15, 0.2) is 59.2 Å². The lowest BCUT2D eigenvalue weighted by molar-refractivity contribution is 0.113. The number of rotatable bonds is 5. The monoisotopic (exact) mass is 392 g/mol. The number of fused-ring (bicyclic) bond motifs is 1. The molecule has 0 radical (unpaired) electrons. The van der Waals surface area contributed by atoms with Crippen LogP contribution >= 0.6 is 11.9 Å². The predicted molar refractivity (Wildman–Crippen MR) is 119 cm³/mol. The predicted octanol–water partition coefficient (Wildman–Crippen LogP) is 5.80. The molecule has 2 unspecified atom stereocenters. The van der Waals surface area contributed by atoms with E-state index in [4.69, 9.17) is 9.84 Å². The van der Waals surface area contributed by atoms with Crippen LogP contribution in [0.1, 0.15) is 41.6 Å². The van der Waals surface area contributed by atoms with Gasteiger partial charge in [-0.1, -0.05) is 55.5 Å². The van der Waals surface area contributed by atoms with Gasteiger partial charge in [0, 0.05) is 11.3 Å². The van der Waals surface area contributed by atoms with E-state index in [1.54, 1.807) is 0 Å². The fraction of sp³-hybridized carbons (Fsp3) is 0.375. The fourth-order valence-corrected chi connectivity index (χ4v) is 4.93. The van der Waals surface area contributed by atoms with Crippen LogP contribution in [0.4, 0.5) is 0 Å². The minimum atomic E-state index is 0.230. The number of ether oxygens (including phenoxy) is 1. The van der Waals surface area contributed by atoms with E-state index in [0.717, 1.165) is 18.8 Å². The number of nitrogens with zero attached hydrogens (tertiary/aromatic N) is 2. The molecule has 2 aliphatic heterocycles. The van der Waals surface area contributed by atoms with E-state index in [9.17, 15) is 0 Å². The third-order valence-electron chi connectivity index (χ3n) is 5.51. The van der Waals surface area contributed by atoms with Crippen molar-refractivity contribution >= 4 is 23.7 Å². The molecule has 1 saturated heterocycles. The zero-order valence-corrected chi connectivity index (χ0v) is 17.7. The highest BCUT2D eigenvalue weighted by atomic mass is 32.2. The summed E-state index contributed by atoms with van der Waals surface area (Å²) in [6.45, 7) is 7.94. The third-order valence-corrected chi connectivity index (χ3v) is 6.68. The molecule has 2 heterocycles. The van der Waals surface area contributed by atoms with E-state index < -0.39 is 0 Å². The third kappa shape index (κ3) is 3.76. The summed E-state index contributed by atoms with van der Waals surface area (Å²) in [6, 6.07) is 17.4. The van der Waals surface area contributed by atoms with Crippen molar-refractivity contribution in [3.05, 3.63) is 76.4 Å². The van der Waals surface area contributed by atoms with Crippen molar-refractivity contribution < 1.29 is 4.74 Å². The van der Waals surface area contributed by atoms with Crippen LogP contribution in [-0.4, -0.2) is 29.1 Å². The highest BCUT2D eigenvalue weighted by molar-refractivity contribution is 7.97. The lowest BCUT2D eigenvalue weighted by atomic mass is 9.84. The highest BCUT2D eigenvalue weighted by Gasteiger charge is 2.42. The van der Waals surface area contributed by atoms with Crippen molar-refractivity contribution in [2.75, 3.05) is 19.0 Å². The minimum absolute atomic E-state index is 0.230. The second kappa shape index (κ2) is 8.54. The van der Waals surface area contributed by atoms with Gasteiger partial charge in [-0.05, 0) is 60.5 Å². The van der Waals surface area contributed by atoms with Gasteiger partial charge in [0.05, 0.1) is 30.9 Å². The van der Waals surface area contributed by atoms with Crippen LogP contribution < -0.4 is 0 Å². The molecule has 0 amide bonds. The molecule has 0 aromatic heterocycles. The molecule has 2 aromatic rings. The minimum Gasteiger partial charge on any atom is -0.376 e. The Hall–Kier alpha value is -2.04. The standard InChI is InChI=1S/C24H28N2OS/c1-4-13-28-26-24(21-12-8-6-10-18(21)3)22-16-27-15-20(23(22)25-26)14-19-11-7-5-9-17(19)2/h5-12,14,22,24H,4,13,15-16H2,1-3H3. The largest absolute Gasteiger partial charge is 0.376 e. The van der Waals surface area contributed by atoms with Gasteiger partial charge in [-0.3, -0.25) is 0 Å². The van der Waals surface area contributed by atoms with E-state index >= 15 is 0 Å². The smallest absolute Gasteiger partial charge is 0.0950 e. The molecule has 2 aliphatic rings. The van der Waals surface area contributed by atoms with E-state index in [-0.39, 0.29) is 12.0 Å². The molecule has 146 valence electrons. The average molecular weight is 393 g/mol. The number of hydrogen-bond acceptors (Lipinski definition) is 4. The van der Waals surface area contributed by atoms with Gasteiger partial charge in [-0.2, -0.15) is 5.10 Å². The maximum Gasteiger partial charge on any atom is 0.0950 e. The Balaban J connectivity index is 1.73. The van der Waals surface area contributed by atoms with Crippen LogP contribution in [0.5, 0.6) is 0 Å². The molecule has 0 saturated carbocycles. The van der Waals surface area contributed by atoms with Crippen molar-refractivity contribution in [2.45, 2.75) is 33.2 Å². The molecule has 28 heavy (non-hydrogen) atoms. The summed E-state index contributed by atoms with van der Waals surface area (Å²) < 4.78 is 8.31. The molecule has 0 aliphatic carbocycles. The van der Waals surface area contributed by atoms with Gasteiger partial charge in [-0.25, -0.2) is 4.41 Å². The van der Waals surface area contributed by atoms with E-state index in [1.807, 2.05) is 11.9 Å². The molecule has 0 bridgehead atoms. The van der Waals surface area contributed by atoms with Crippen molar-refractivity contribution in [3.8, 4) is 0 Å². The van der Waals surface area contributed by atoms with Gasteiger partial charge in [0.25, 0.3) is 0 Å². The number of hydrazone groups is 1. The van der Waals surface area contributed by atoms with E-state index in [0.29, 0.717) is 6.61 Å². The van der Waals surface area contributed by atoms with Crippen molar-refractivity contribution in [1.82, 2.24) is 4.41 Å². The molecular weight excluding hydrogens is 364 g/mol. The highest BCUT2D eigenvalue weighted by Crippen LogP contribution is 2.44. The Bertz CT molecular complexity index is 905. The van der Waals surface area contributed by atoms with Gasteiger partial charge >= 0.3 is 0 Å². The Morgan fingerprint density at radius 3 is 2.61 bits per heavy atom. The first kappa shape index (κ1) is 19.3. The van der Waals surface area contributed by atoms with Crippen LogP contribution in [0.2, 0.25) is 0 Å². The van der Waals surface area contributed by atoms with Crippen LogP contribution in [0.3, 0.4) is 0 Å². The maximum atomic E-state index is 6.07. The second-order valence-electron chi connectivity index (χ2n) is 7.57. The SMILES string of the molecule is CCCSN1N=C2C(=Cc3ccccc3C)COCC2C1c1ccccc1C. The summed E-state index contributed by atoms with van der Waals surface area (Å²) in [5.41, 5.74) is 7.62. The van der Waals surface area contributed by atoms with Crippen molar-refractivity contribution in [2.24, 2.45) is 11.0 Å². The van der Waals surface area contributed by atoms with Crippen LogP contribution in [-0.2, 0) is 4.74 Å². The number of benzene rings is 2. The van der Waals surface area contributed by atoms with Gasteiger partial charge in [0.2, 0.25) is 0 Å². The lowest BCUT2D eigenvalue weighted by Gasteiger charge is -2.30. The zero-order valence-electron chi connectivity index (χ0n) is 16.9. The topological polar surface area (TPSA) is 24.8 Å². The normalized spacial score (nSPS) is 23.0. The van der Waals surface area contributed by atoms with Gasteiger partial charge in [0.15, 0.2) is 0 Å². The molecule has 3 nitrogen and oxygen atoms in total. The molecule has 4 rings (SSSR count). The molecule has 4 heteroatoms. The first-order chi connectivity index (χ1) is 13.7. The Morgan fingerprint density at radius 1 is 1.11 bits per heavy atom. The first-order valence-corrected chi connectivity index (χ1v) is 11.0. The quantitative estimate of drug-likeness (QED) is 0.601. The van der Waals surface area contributed by atoms with Crippen molar-refractivity contribution in [1.29, 1.82) is 0 Å². The molecule has 2 aromatic carbocycles. The Labute approximate surface area is 172 Å². The zero-order chi connectivity index (χ0) is 19.5.